The second-order valence-electron chi connectivity index (χ2n) is 9.84. The van der Waals surface area contributed by atoms with Gasteiger partial charge in [0.15, 0.2) is 0 Å². The van der Waals surface area contributed by atoms with Gasteiger partial charge in [-0.3, -0.25) is 14.5 Å². The van der Waals surface area contributed by atoms with Crippen molar-refractivity contribution in [1.29, 1.82) is 0 Å². The average molecular weight is 486 g/mol. The molecule has 0 unspecified atom stereocenters. The molecular weight excluding hydrogens is 454 g/mol. The fourth-order valence-electron chi connectivity index (χ4n) is 5.32. The van der Waals surface area contributed by atoms with Gasteiger partial charge in [-0.15, -0.1) is 0 Å². The molecule has 2 heterocycles. The Labute approximate surface area is 210 Å². The van der Waals surface area contributed by atoms with Crippen LogP contribution < -0.4 is 5.32 Å². The Morgan fingerprint density at radius 2 is 1.78 bits per heavy atom. The molecule has 36 heavy (non-hydrogen) atoms. The van der Waals surface area contributed by atoms with Crippen molar-refractivity contribution in [2.75, 3.05) is 13.6 Å². The lowest BCUT2D eigenvalue weighted by Gasteiger charge is -2.36. The second-order valence-corrected chi connectivity index (χ2v) is 9.84. The van der Waals surface area contributed by atoms with Crippen LogP contribution >= 0.6 is 0 Å². The molecule has 2 fully saturated rings. The zero-order chi connectivity index (χ0) is 25.3. The Hall–Kier alpha value is -3.94. The van der Waals surface area contributed by atoms with Crippen LogP contribution in [0.3, 0.4) is 0 Å². The number of urea groups is 1. The molecule has 2 atom stereocenters. The number of carbonyl (C=O) groups excluding carboxylic acids is 3. The highest BCUT2D eigenvalue weighted by molar-refractivity contribution is 6.09. The van der Waals surface area contributed by atoms with E-state index in [-0.39, 0.29) is 24.3 Å². The first-order valence-electron chi connectivity index (χ1n) is 12.5. The van der Waals surface area contributed by atoms with Crippen LogP contribution in [0.15, 0.2) is 66.9 Å². The van der Waals surface area contributed by atoms with Crippen molar-refractivity contribution in [2.24, 2.45) is 5.92 Å². The normalized spacial score (nSPS) is 21.6. The summed E-state index contributed by atoms with van der Waals surface area (Å²) in [6.07, 6.45) is 5.38. The number of nitrogens with one attached hydrogen (secondary N) is 1. The lowest BCUT2D eigenvalue weighted by Crippen LogP contribution is -2.54. The molecule has 4 amide bonds. The average Bonchev–Trinajstić information content (AvgIpc) is 3.42. The maximum Gasteiger partial charge on any atom is 0.325 e. The Morgan fingerprint density at radius 1 is 1.08 bits per heavy atom. The summed E-state index contributed by atoms with van der Waals surface area (Å²) in [4.78, 5) is 41.8. The number of hydrogen-bond donors (Lipinski definition) is 1. The maximum absolute atomic E-state index is 13.3. The number of para-hydroxylation sites is 1. The van der Waals surface area contributed by atoms with E-state index in [4.69, 9.17) is 5.10 Å². The third-order valence-corrected chi connectivity index (χ3v) is 7.49. The fraction of sp³-hybridized carbons (Fsp3) is 0.357. The smallest absolute Gasteiger partial charge is 0.325 e. The summed E-state index contributed by atoms with van der Waals surface area (Å²) < 4.78 is 1.81. The van der Waals surface area contributed by atoms with Gasteiger partial charge in [0, 0.05) is 30.9 Å². The first kappa shape index (κ1) is 23.8. The maximum atomic E-state index is 13.3. The van der Waals surface area contributed by atoms with Gasteiger partial charge in [-0.2, -0.15) is 5.10 Å². The van der Waals surface area contributed by atoms with Crippen LogP contribution in [0, 0.1) is 5.92 Å². The van der Waals surface area contributed by atoms with Gasteiger partial charge in [0.25, 0.3) is 5.91 Å². The highest BCUT2D eigenvalue weighted by Crippen LogP contribution is 2.38. The summed E-state index contributed by atoms with van der Waals surface area (Å²) in [6, 6.07) is 19.2. The van der Waals surface area contributed by atoms with Crippen molar-refractivity contribution in [3.8, 4) is 16.9 Å². The van der Waals surface area contributed by atoms with E-state index >= 15 is 0 Å². The predicted octanol–water partition coefficient (Wildman–Crippen LogP) is 4.00. The number of imide groups is 1. The third kappa shape index (κ3) is 4.27. The lowest BCUT2D eigenvalue weighted by atomic mass is 9.73. The molecule has 1 spiro atoms. The summed E-state index contributed by atoms with van der Waals surface area (Å²) in [6.45, 7) is 2.02. The molecule has 8 nitrogen and oxygen atoms in total. The third-order valence-electron chi connectivity index (χ3n) is 7.49. The topological polar surface area (TPSA) is 87.5 Å². The largest absolute Gasteiger partial charge is 0.340 e. The monoisotopic (exact) mass is 485 g/mol. The minimum absolute atomic E-state index is 0.0535. The van der Waals surface area contributed by atoms with Gasteiger partial charge in [-0.05, 0) is 30.9 Å². The number of carbonyl (C=O) groups is 3. The molecule has 1 saturated carbocycles. The number of hydrogen-bond acceptors (Lipinski definition) is 4. The molecule has 2 aromatic carbocycles. The van der Waals surface area contributed by atoms with Crippen molar-refractivity contribution in [3.63, 3.8) is 0 Å². The molecule has 0 bridgehead atoms. The van der Waals surface area contributed by atoms with Crippen molar-refractivity contribution in [2.45, 2.75) is 44.7 Å². The quantitative estimate of drug-likeness (QED) is 0.535. The van der Waals surface area contributed by atoms with Crippen LogP contribution in [-0.2, 0) is 16.1 Å². The van der Waals surface area contributed by atoms with E-state index in [1.165, 1.54) is 0 Å². The van der Waals surface area contributed by atoms with E-state index in [2.05, 4.69) is 5.32 Å². The van der Waals surface area contributed by atoms with Crippen molar-refractivity contribution >= 4 is 17.8 Å². The minimum atomic E-state index is -0.870. The summed E-state index contributed by atoms with van der Waals surface area (Å²) in [5, 5.41) is 7.72. The van der Waals surface area contributed by atoms with Crippen LogP contribution in [0.4, 0.5) is 4.79 Å². The SMILES string of the molecule is C[C@H]1CCCC[C@@]12NC(=O)N(CC(=O)N(C)Cc1cn(-c3ccccc3)nc1-c1ccccc1)C2=O. The Balaban J connectivity index is 1.35. The van der Waals surface area contributed by atoms with Gasteiger partial charge in [-0.1, -0.05) is 68.3 Å². The number of likely N-dealkylation sites (N-methyl/N-ethyl adjacent to an activating group) is 1. The van der Waals surface area contributed by atoms with Crippen LogP contribution in [0.2, 0.25) is 0 Å². The van der Waals surface area contributed by atoms with Gasteiger partial charge in [0.2, 0.25) is 5.91 Å². The van der Waals surface area contributed by atoms with Crippen molar-refractivity contribution in [1.82, 2.24) is 24.9 Å². The standard InChI is InChI=1S/C28H31N5O3/c1-20-11-9-10-16-28(20)26(35)32(27(36)29-28)19-24(34)31(2)17-22-18-33(23-14-7-4-8-15-23)30-25(22)21-12-5-3-6-13-21/h3-8,12-15,18,20H,9-11,16-17,19H2,1-2H3,(H,29,36)/t20-,28+/m0/s1. The van der Waals surface area contributed by atoms with Crippen molar-refractivity contribution in [3.05, 3.63) is 72.4 Å². The Kier molecular flexibility index (Phi) is 6.35. The first-order chi connectivity index (χ1) is 17.4. The Bertz CT molecular complexity index is 1270. The van der Waals surface area contributed by atoms with Crippen molar-refractivity contribution < 1.29 is 14.4 Å². The number of nitrogens with zero attached hydrogens (tertiary/aromatic N) is 4. The fourth-order valence-corrected chi connectivity index (χ4v) is 5.32. The van der Waals surface area contributed by atoms with E-state index in [0.717, 1.165) is 46.7 Å². The first-order valence-corrected chi connectivity index (χ1v) is 12.5. The van der Waals surface area contributed by atoms with E-state index < -0.39 is 11.6 Å². The minimum Gasteiger partial charge on any atom is -0.340 e. The van der Waals surface area contributed by atoms with Crippen LogP contribution in [0.1, 0.15) is 38.2 Å². The van der Waals surface area contributed by atoms with Crippen LogP contribution in [-0.4, -0.2) is 56.6 Å². The zero-order valence-corrected chi connectivity index (χ0v) is 20.7. The molecule has 1 saturated heterocycles. The summed E-state index contributed by atoms with van der Waals surface area (Å²) in [5.41, 5.74) is 2.65. The molecule has 8 heteroatoms. The summed E-state index contributed by atoms with van der Waals surface area (Å²) >= 11 is 0. The molecular formula is C28H31N5O3. The zero-order valence-electron chi connectivity index (χ0n) is 20.7. The molecule has 3 aromatic rings. The van der Waals surface area contributed by atoms with Crippen LogP contribution in [0.25, 0.3) is 16.9 Å². The van der Waals surface area contributed by atoms with E-state index in [0.29, 0.717) is 13.0 Å². The summed E-state index contributed by atoms with van der Waals surface area (Å²) in [7, 11) is 1.69. The molecule has 2 aliphatic rings. The molecule has 1 N–H and O–H groups in total. The molecule has 186 valence electrons. The van der Waals surface area contributed by atoms with Gasteiger partial charge < -0.3 is 10.2 Å². The number of amides is 4. The van der Waals surface area contributed by atoms with Gasteiger partial charge in [0.05, 0.1) is 11.4 Å². The molecule has 0 radical (unpaired) electrons. The van der Waals surface area contributed by atoms with Gasteiger partial charge >= 0.3 is 6.03 Å². The predicted molar refractivity (Wildman–Crippen MR) is 136 cm³/mol. The molecule has 1 aromatic heterocycles. The summed E-state index contributed by atoms with van der Waals surface area (Å²) in [5.74, 6) is -0.522. The highest BCUT2D eigenvalue weighted by Gasteiger charge is 2.55. The number of aromatic nitrogens is 2. The molecule has 1 aliphatic carbocycles. The van der Waals surface area contributed by atoms with Crippen LogP contribution in [0.5, 0.6) is 0 Å². The van der Waals surface area contributed by atoms with E-state index in [1.807, 2.05) is 78.5 Å². The molecule has 5 rings (SSSR count). The molecule has 1 aliphatic heterocycles. The van der Waals surface area contributed by atoms with Gasteiger partial charge in [-0.25, -0.2) is 9.48 Å². The van der Waals surface area contributed by atoms with Gasteiger partial charge in [0.1, 0.15) is 12.1 Å². The lowest BCUT2D eigenvalue weighted by molar-refractivity contribution is -0.140. The van der Waals surface area contributed by atoms with E-state index in [9.17, 15) is 14.4 Å². The second kappa shape index (κ2) is 9.60. The van der Waals surface area contributed by atoms with E-state index in [1.54, 1.807) is 11.9 Å². The number of rotatable bonds is 6. The Morgan fingerprint density at radius 3 is 2.47 bits per heavy atom. The number of benzene rings is 2. The highest BCUT2D eigenvalue weighted by atomic mass is 16.2.